The van der Waals surface area contributed by atoms with Crippen LogP contribution in [0.15, 0.2) is 42.6 Å². The number of halogens is 2. The number of ether oxygens (including phenoxy) is 4. The highest BCUT2D eigenvalue weighted by atomic mass is 35.5. The normalized spacial score (nSPS) is 10.4. The maximum atomic E-state index is 5.51. The molecule has 154 valence electrons. The van der Waals surface area contributed by atoms with Crippen LogP contribution in [0.3, 0.4) is 0 Å². The number of aryl methyl sites for hydroxylation is 1. The fourth-order valence-corrected chi connectivity index (χ4v) is 3.66. The molecule has 2 aromatic carbocycles. The molecule has 0 fully saturated rings. The first-order valence-electron chi connectivity index (χ1n) is 8.66. The summed E-state index contributed by atoms with van der Waals surface area (Å²) in [6, 6.07) is 12.3. The maximum Gasteiger partial charge on any atom is 0.219 e. The quantitative estimate of drug-likeness (QED) is 0.276. The van der Waals surface area contributed by atoms with E-state index in [0.29, 0.717) is 11.5 Å². The number of methoxy groups -OCH3 is 4. The van der Waals surface area contributed by atoms with Crippen LogP contribution in [-0.2, 0) is 0 Å². The first kappa shape index (κ1) is 22.7. The number of aromatic nitrogens is 1. The van der Waals surface area contributed by atoms with Crippen molar-refractivity contribution in [2.75, 3.05) is 28.4 Å². The molecule has 0 aliphatic heterocycles. The van der Waals surface area contributed by atoms with E-state index in [-0.39, 0.29) is 24.8 Å². The fraction of sp³-hybridized carbons (Fsp3) is 0.227. The molecule has 0 bridgehead atoms. The van der Waals surface area contributed by atoms with Gasteiger partial charge >= 0.3 is 0 Å². The molecule has 2 heterocycles. The van der Waals surface area contributed by atoms with E-state index in [1.165, 1.54) is 0 Å². The maximum absolute atomic E-state index is 5.51. The summed E-state index contributed by atoms with van der Waals surface area (Å²) in [5.74, 6) is 2.87. The molecule has 4 aromatic rings. The molecule has 2 aromatic heterocycles. The van der Waals surface area contributed by atoms with Crippen LogP contribution < -0.4 is 35.8 Å². The van der Waals surface area contributed by atoms with Crippen LogP contribution in [-0.4, -0.2) is 28.4 Å². The van der Waals surface area contributed by atoms with E-state index in [1.54, 1.807) is 28.4 Å². The van der Waals surface area contributed by atoms with Crippen molar-refractivity contribution < 1.29 is 35.8 Å². The fourth-order valence-electron chi connectivity index (χ4n) is 3.66. The Labute approximate surface area is 182 Å². The number of pyridine rings is 2. The molecule has 7 heteroatoms. The monoisotopic (exact) mass is 435 g/mol. The molecule has 0 aliphatic rings. The molecule has 0 atom stereocenters. The lowest BCUT2D eigenvalue weighted by atomic mass is 10.0. The topological polar surface area (TPSA) is 41.0 Å². The second-order valence-corrected chi connectivity index (χ2v) is 6.39. The van der Waals surface area contributed by atoms with Crippen molar-refractivity contribution >= 4 is 39.5 Å². The van der Waals surface area contributed by atoms with Gasteiger partial charge in [-0.25, -0.2) is 0 Å². The van der Waals surface area contributed by atoms with Crippen molar-refractivity contribution in [3.8, 4) is 23.0 Å². The molecular weight excluding hydrogens is 413 g/mol. The van der Waals surface area contributed by atoms with Crippen molar-refractivity contribution in [3.05, 3.63) is 48.3 Å². The highest BCUT2D eigenvalue weighted by molar-refractivity contribution is 6.00. The first-order valence-corrected chi connectivity index (χ1v) is 8.66. The Balaban J connectivity index is 0.00000150. The minimum absolute atomic E-state index is 0. The van der Waals surface area contributed by atoms with Crippen molar-refractivity contribution in [2.45, 2.75) is 6.92 Å². The zero-order valence-corrected chi connectivity index (χ0v) is 18.5. The number of nitrogens with zero attached hydrogens (tertiary/aromatic N) is 1. The molecule has 4 rings (SSSR count). The standard InChI is InChI=1S/C22H22NO4.2ClH/c1-13-16-11-21(26-4)20(25-3)10-15(16)8-18-17-12-22(27-5)19(24-2)9-14(17)6-7-23(13)18;;/h6-12H,1-5H3;2*1H/q+1;;/p-1. The lowest BCUT2D eigenvalue weighted by Gasteiger charge is -2.11. The van der Waals surface area contributed by atoms with Gasteiger partial charge in [0.15, 0.2) is 34.9 Å². The van der Waals surface area contributed by atoms with E-state index in [0.717, 1.165) is 44.3 Å². The average molecular weight is 436 g/mol. The Morgan fingerprint density at radius 2 is 1.14 bits per heavy atom. The van der Waals surface area contributed by atoms with Gasteiger partial charge in [0.25, 0.3) is 0 Å². The van der Waals surface area contributed by atoms with Crippen LogP contribution in [0.2, 0.25) is 0 Å². The molecule has 0 spiro atoms. The Kier molecular flexibility index (Phi) is 6.88. The molecule has 0 amide bonds. The van der Waals surface area contributed by atoms with Gasteiger partial charge in [-0.05, 0) is 35.0 Å². The average Bonchev–Trinajstić information content (AvgIpc) is 2.71. The van der Waals surface area contributed by atoms with Crippen molar-refractivity contribution in [2.24, 2.45) is 0 Å². The smallest absolute Gasteiger partial charge is 0.219 e. The second-order valence-electron chi connectivity index (χ2n) is 6.39. The number of hydrogen-bond acceptors (Lipinski definition) is 4. The van der Waals surface area contributed by atoms with Gasteiger partial charge < -0.3 is 31.4 Å². The molecule has 0 saturated carbocycles. The minimum Gasteiger partial charge on any atom is -1.00 e. The summed E-state index contributed by atoms with van der Waals surface area (Å²) >= 11 is 0. The third-order valence-electron chi connectivity index (χ3n) is 5.09. The van der Waals surface area contributed by atoms with Crippen LogP contribution in [0.25, 0.3) is 27.1 Å². The minimum atomic E-state index is 0. The molecule has 0 aliphatic carbocycles. The van der Waals surface area contributed by atoms with E-state index >= 15 is 0 Å². The predicted molar refractivity (Wildman–Crippen MR) is 113 cm³/mol. The third-order valence-corrected chi connectivity index (χ3v) is 5.09. The van der Waals surface area contributed by atoms with Crippen LogP contribution in [0.5, 0.6) is 23.0 Å². The Bertz CT molecular complexity index is 1190. The van der Waals surface area contributed by atoms with Gasteiger partial charge in [-0.15, -0.1) is 12.4 Å². The van der Waals surface area contributed by atoms with E-state index in [2.05, 4.69) is 29.7 Å². The van der Waals surface area contributed by atoms with Gasteiger partial charge in [-0.3, -0.25) is 0 Å². The summed E-state index contributed by atoms with van der Waals surface area (Å²) < 4.78 is 24.1. The number of fused-ring (bicyclic) bond motifs is 4. The molecule has 0 N–H and O–H groups in total. The number of hydrogen-bond donors (Lipinski definition) is 0. The van der Waals surface area contributed by atoms with Crippen molar-refractivity contribution in [3.63, 3.8) is 0 Å². The van der Waals surface area contributed by atoms with Crippen LogP contribution in [0.1, 0.15) is 5.69 Å². The summed E-state index contributed by atoms with van der Waals surface area (Å²) in [6.07, 6.45) is 2.08. The summed E-state index contributed by atoms with van der Waals surface area (Å²) in [4.78, 5) is 0. The van der Waals surface area contributed by atoms with Crippen LogP contribution in [0.4, 0.5) is 0 Å². The first-order chi connectivity index (χ1) is 13.1. The summed E-state index contributed by atoms with van der Waals surface area (Å²) in [5.41, 5.74) is 2.21. The van der Waals surface area contributed by atoms with Crippen molar-refractivity contribution in [1.82, 2.24) is 0 Å². The molecule has 0 radical (unpaired) electrons. The largest absolute Gasteiger partial charge is 1.00 e. The Morgan fingerprint density at radius 3 is 1.69 bits per heavy atom. The highest BCUT2D eigenvalue weighted by Crippen LogP contribution is 2.36. The zero-order chi connectivity index (χ0) is 19.1. The predicted octanol–water partition coefficient (Wildman–Crippen LogP) is 1.50. The van der Waals surface area contributed by atoms with E-state index in [9.17, 15) is 0 Å². The molecule has 29 heavy (non-hydrogen) atoms. The van der Waals surface area contributed by atoms with Gasteiger partial charge in [0.2, 0.25) is 5.52 Å². The lowest BCUT2D eigenvalue weighted by Crippen LogP contribution is -3.00. The van der Waals surface area contributed by atoms with Crippen molar-refractivity contribution in [1.29, 1.82) is 0 Å². The summed E-state index contributed by atoms with van der Waals surface area (Å²) in [7, 11) is 6.61. The summed E-state index contributed by atoms with van der Waals surface area (Å²) in [5, 5.41) is 4.39. The Morgan fingerprint density at radius 1 is 0.655 bits per heavy atom. The number of benzene rings is 2. The molecule has 0 saturated heterocycles. The lowest BCUT2D eigenvalue weighted by molar-refractivity contribution is -0.516. The van der Waals surface area contributed by atoms with E-state index < -0.39 is 0 Å². The SMILES string of the molecule is COc1cc2cc3c4cc(OC)c(OC)cc4cc[n+]3c(C)c2cc1OC.Cl.[Cl-]. The van der Waals surface area contributed by atoms with Gasteiger partial charge in [-0.1, -0.05) is 0 Å². The van der Waals surface area contributed by atoms with Crippen LogP contribution >= 0.6 is 12.4 Å². The molecular formula is C22H23Cl2NO4. The third kappa shape index (κ3) is 3.56. The molecule has 5 nitrogen and oxygen atoms in total. The number of rotatable bonds is 4. The second kappa shape index (κ2) is 8.80. The van der Waals surface area contributed by atoms with Gasteiger partial charge in [0, 0.05) is 19.1 Å². The zero-order valence-electron chi connectivity index (χ0n) is 16.9. The molecule has 0 unspecified atom stereocenters. The van der Waals surface area contributed by atoms with Gasteiger partial charge in [-0.2, -0.15) is 4.40 Å². The Hall–Kier alpha value is -2.63. The van der Waals surface area contributed by atoms with Gasteiger partial charge in [0.1, 0.15) is 0 Å². The summed E-state index contributed by atoms with van der Waals surface area (Å²) in [6.45, 7) is 2.10. The van der Waals surface area contributed by atoms with E-state index in [4.69, 9.17) is 18.9 Å². The van der Waals surface area contributed by atoms with E-state index in [1.807, 2.05) is 24.3 Å². The van der Waals surface area contributed by atoms with Gasteiger partial charge in [0.05, 0.1) is 39.2 Å². The van der Waals surface area contributed by atoms with Crippen LogP contribution in [0, 0.1) is 6.92 Å². The highest BCUT2D eigenvalue weighted by Gasteiger charge is 2.19.